The molecule has 0 amide bonds. The van der Waals surface area contributed by atoms with Crippen LogP contribution in [0.4, 0.5) is 0 Å². The number of benzene rings is 1. The third-order valence-electron chi connectivity index (χ3n) is 4.48. The van der Waals surface area contributed by atoms with Crippen molar-refractivity contribution in [2.75, 3.05) is 32.8 Å². The van der Waals surface area contributed by atoms with Crippen LogP contribution in [-0.4, -0.2) is 54.8 Å². The lowest BCUT2D eigenvalue weighted by Gasteiger charge is -2.21. The SMILES string of the molecule is CCNC(=NCc1ccc(O)c(OCC)c1)NC(C)CCCN(CC)CC. The van der Waals surface area contributed by atoms with Gasteiger partial charge in [-0.2, -0.15) is 0 Å². The maximum Gasteiger partial charge on any atom is 0.191 e. The van der Waals surface area contributed by atoms with E-state index in [0.717, 1.165) is 44.1 Å². The summed E-state index contributed by atoms with van der Waals surface area (Å²) in [5, 5.41) is 16.6. The monoisotopic (exact) mass is 378 g/mol. The molecule has 6 heteroatoms. The summed E-state index contributed by atoms with van der Waals surface area (Å²) in [6.45, 7) is 15.8. The van der Waals surface area contributed by atoms with E-state index in [2.05, 4.69) is 48.2 Å². The van der Waals surface area contributed by atoms with E-state index in [4.69, 9.17) is 4.74 Å². The molecule has 1 rings (SSSR count). The van der Waals surface area contributed by atoms with Crippen molar-refractivity contribution in [3.63, 3.8) is 0 Å². The van der Waals surface area contributed by atoms with Crippen molar-refractivity contribution in [3.8, 4) is 11.5 Å². The zero-order valence-electron chi connectivity index (χ0n) is 17.7. The minimum Gasteiger partial charge on any atom is -0.504 e. The summed E-state index contributed by atoms with van der Waals surface area (Å²) in [5.74, 6) is 1.49. The molecule has 0 aliphatic heterocycles. The van der Waals surface area contributed by atoms with Crippen molar-refractivity contribution in [2.24, 2.45) is 4.99 Å². The van der Waals surface area contributed by atoms with E-state index >= 15 is 0 Å². The predicted molar refractivity (Wildman–Crippen MR) is 114 cm³/mol. The third-order valence-corrected chi connectivity index (χ3v) is 4.48. The van der Waals surface area contributed by atoms with Crippen LogP contribution < -0.4 is 15.4 Å². The van der Waals surface area contributed by atoms with Gasteiger partial charge >= 0.3 is 0 Å². The molecule has 0 aliphatic carbocycles. The number of rotatable bonds is 12. The molecule has 1 atom stereocenters. The highest BCUT2D eigenvalue weighted by Crippen LogP contribution is 2.27. The molecule has 0 bridgehead atoms. The van der Waals surface area contributed by atoms with E-state index in [-0.39, 0.29) is 5.75 Å². The first kappa shape index (κ1) is 23.1. The van der Waals surface area contributed by atoms with Crippen LogP contribution in [0.1, 0.15) is 53.0 Å². The first-order chi connectivity index (χ1) is 13.0. The smallest absolute Gasteiger partial charge is 0.191 e. The summed E-state index contributed by atoms with van der Waals surface area (Å²) in [7, 11) is 0. The molecule has 0 fully saturated rings. The van der Waals surface area contributed by atoms with Crippen molar-refractivity contribution < 1.29 is 9.84 Å². The van der Waals surface area contributed by atoms with Gasteiger partial charge in [0, 0.05) is 12.6 Å². The Balaban J connectivity index is 2.60. The minimum absolute atomic E-state index is 0.163. The maximum absolute atomic E-state index is 9.81. The second kappa shape index (κ2) is 13.3. The Bertz CT molecular complexity index is 559. The third kappa shape index (κ3) is 9.00. The van der Waals surface area contributed by atoms with E-state index in [1.54, 1.807) is 6.07 Å². The lowest BCUT2D eigenvalue weighted by atomic mass is 10.2. The highest BCUT2D eigenvalue weighted by atomic mass is 16.5. The maximum atomic E-state index is 9.81. The van der Waals surface area contributed by atoms with Gasteiger partial charge in [0.2, 0.25) is 0 Å². The predicted octanol–water partition coefficient (Wildman–Crippen LogP) is 3.36. The highest BCUT2D eigenvalue weighted by Gasteiger charge is 2.08. The van der Waals surface area contributed by atoms with Gasteiger partial charge in [0.05, 0.1) is 13.2 Å². The second-order valence-electron chi connectivity index (χ2n) is 6.64. The Morgan fingerprint density at radius 2 is 1.96 bits per heavy atom. The Hall–Kier alpha value is -1.95. The topological polar surface area (TPSA) is 69.1 Å². The number of nitrogens with zero attached hydrogens (tertiary/aromatic N) is 2. The summed E-state index contributed by atoms with van der Waals surface area (Å²) in [6, 6.07) is 5.74. The van der Waals surface area contributed by atoms with E-state index in [0.29, 0.717) is 24.9 Å². The van der Waals surface area contributed by atoms with Gasteiger partial charge in [-0.1, -0.05) is 19.9 Å². The Kier molecular flexibility index (Phi) is 11.3. The van der Waals surface area contributed by atoms with E-state index < -0.39 is 0 Å². The van der Waals surface area contributed by atoms with E-state index in [1.165, 1.54) is 6.42 Å². The zero-order chi connectivity index (χ0) is 20.1. The van der Waals surface area contributed by atoms with Gasteiger partial charge in [-0.25, -0.2) is 4.99 Å². The number of aliphatic imine (C=N–C) groups is 1. The van der Waals surface area contributed by atoms with Crippen molar-refractivity contribution in [3.05, 3.63) is 23.8 Å². The molecular formula is C21H38N4O2. The van der Waals surface area contributed by atoms with Crippen molar-refractivity contribution in [2.45, 2.75) is 60.0 Å². The van der Waals surface area contributed by atoms with Crippen LogP contribution in [0.5, 0.6) is 11.5 Å². The van der Waals surface area contributed by atoms with Gasteiger partial charge in [0.25, 0.3) is 0 Å². The molecule has 1 aromatic rings. The average molecular weight is 379 g/mol. The average Bonchev–Trinajstić information content (AvgIpc) is 2.66. The summed E-state index contributed by atoms with van der Waals surface area (Å²) in [4.78, 5) is 7.13. The zero-order valence-corrected chi connectivity index (χ0v) is 17.7. The van der Waals surface area contributed by atoms with Gasteiger partial charge in [-0.05, 0) is 70.9 Å². The van der Waals surface area contributed by atoms with Crippen LogP contribution in [0.15, 0.2) is 23.2 Å². The summed E-state index contributed by atoms with van der Waals surface area (Å²) >= 11 is 0. The number of nitrogens with one attached hydrogen (secondary N) is 2. The number of phenols is 1. The normalized spacial score (nSPS) is 12.9. The molecule has 1 aromatic carbocycles. The number of ether oxygens (including phenoxy) is 1. The summed E-state index contributed by atoms with van der Waals surface area (Å²) < 4.78 is 5.44. The summed E-state index contributed by atoms with van der Waals surface area (Å²) in [5.41, 5.74) is 1.00. The molecule has 0 aromatic heterocycles. The van der Waals surface area contributed by atoms with Crippen LogP contribution in [0.25, 0.3) is 0 Å². The highest BCUT2D eigenvalue weighted by molar-refractivity contribution is 5.80. The molecule has 0 heterocycles. The van der Waals surface area contributed by atoms with Crippen molar-refractivity contribution >= 4 is 5.96 Å². The number of aromatic hydroxyl groups is 1. The van der Waals surface area contributed by atoms with Gasteiger partial charge in [-0.15, -0.1) is 0 Å². The minimum atomic E-state index is 0.163. The van der Waals surface area contributed by atoms with Crippen molar-refractivity contribution in [1.29, 1.82) is 0 Å². The molecule has 0 saturated carbocycles. The van der Waals surface area contributed by atoms with Crippen LogP contribution >= 0.6 is 0 Å². The number of hydrogen-bond acceptors (Lipinski definition) is 4. The molecular weight excluding hydrogens is 340 g/mol. The number of hydrogen-bond donors (Lipinski definition) is 3. The molecule has 3 N–H and O–H groups in total. The van der Waals surface area contributed by atoms with Crippen molar-refractivity contribution in [1.82, 2.24) is 15.5 Å². The van der Waals surface area contributed by atoms with E-state index in [1.807, 2.05) is 19.1 Å². The van der Waals surface area contributed by atoms with Gasteiger partial charge in [0.15, 0.2) is 17.5 Å². The molecule has 27 heavy (non-hydrogen) atoms. The lowest BCUT2D eigenvalue weighted by molar-refractivity contribution is 0.292. The van der Waals surface area contributed by atoms with Crippen LogP contribution in [-0.2, 0) is 6.54 Å². The quantitative estimate of drug-likeness (QED) is 0.384. The summed E-state index contributed by atoms with van der Waals surface area (Å²) in [6.07, 6.45) is 2.28. The molecule has 0 radical (unpaired) electrons. The first-order valence-electron chi connectivity index (χ1n) is 10.3. The fraction of sp³-hybridized carbons (Fsp3) is 0.667. The van der Waals surface area contributed by atoms with Gasteiger partial charge in [-0.3, -0.25) is 0 Å². The molecule has 154 valence electrons. The fourth-order valence-corrected chi connectivity index (χ4v) is 2.88. The number of phenolic OH excluding ortho intramolecular Hbond substituents is 1. The van der Waals surface area contributed by atoms with Crippen LogP contribution in [0.2, 0.25) is 0 Å². The molecule has 0 spiro atoms. The Morgan fingerprint density at radius 1 is 1.22 bits per heavy atom. The molecule has 0 saturated heterocycles. The van der Waals surface area contributed by atoms with Crippen LogP contribution in [0, 0.1) is 0 Å². The molecule has 0 aliphatic rings. The van der Waals surface area contributed by atoms with E-state index in [9.17, 15) is 5.11 Å². The Morgan fingerprint density at radius 3 is 2.59 bits per heavy atom. The van der Waals surface area contributed by atoms with Crippen LogP contribution in [0.3, 0.4) is 0 Å². The fourth-order valence-electron chi connectivity index (χ4n) is 2.88. The second-order valence-corrected chi connectivity index (χ2v) is 6.64. The first-order valence-corrected chi connectivity index (χ1v) is 10.3. The van der Waals surface area contributed by atoms with Gasteiger partial charge < -0.3 is 25.4 Å². The standard InChI is InChI=1S/C21H38N4O2/c1-6-22-21(24-17(5)11-10-14-25(7-2)8-3)23-16-18-12-13-19(26)20(15-18)27-9-4/h12-13,15,17,26H,6-11,14,16H2,1-5H3,(H2,22,23,24). The lowest BCUT2D eigenvalue weighted by Crippen LogP contribution is -2.42. The molecule has 6 nitrogen and oxygen atoms in total. The largest absolute Gasteiger partial charge is 0.504 e. The number of guanidine groups is 1. The molecule has 1 unspecified atom stereocenters. The van der Waals surface area contributed by atoms with Gasteiger partial charge in [0.1, 0.15) is 0 Å². The Labute approximate surface area is 165 Å².